The summed E-state index contributed by atoms with van der Waals surface area (Å²) in [5.41, 5.74) is 19.5. The molecule has 2 unspecified atom stereocenters. The molecule has 7 aromatic rings. The van der Waals surface area contributed by atoms with Gasteiger partial charge in [-0.1, -0.05) is 170 Å². The van der Waals surface area contributed by atoms with E-state index in [2.05, 4.69) is 170 Å². The van der Waals surface area contributed by atoms with Gasteiger partial charge < -0.3 is 0 Å². The third-order valence-electron chi connectivity index (χ3n) is 10.3. The molecule has 0 saturated heterocycles. The van der Waals surface area contributed by atoms with E-state index in [4.69, 9.17) is 0 Å². The summed E-state index contributed by atoms with van der Waals surface area (Å²) in [7, 11) is 0. The Morgan fingerprint density at radius 1 is 0.304 bits per heavy atom. The Bertz CT molecular complexity index is 2000. The molecule has 0 saturated carbocycles. The zero-order valence-corrected chi connectivity index (χ0v) is 25.7. The molecule has 0 heteroatoms. The van der Waals surface area contributed by atoms with Crippen molar-refractivity contribution in [1.82, 2.24) is 0 Å². The lowest BCUT2D eigenvalue weighted by Gasteiger charge is -2.38. The summed E-state index contributed by atoms with van der Waals surface area (Å²) >= 11 is 0. The molecule has 0 nitrogen and oxygen atoms in total. The van der Waals surface area contributed by atoms with E-state index in [1.165, 1.54) is 77.9 Å². The van der Waals surface area contributed by atoms with Crippen LogP contribution in [0.2, 0.25) is 0 Å². The van der Waals surface area contributed by atoms with Gasteiger partial charge in [-0.3, -0.25) is 0 Å². The maximum atomic E-state index is 2.38. The fraction of sp³-hybridized carbons (Fsp3) is 0.0870. The maximum Gasteiger partial charge on any atom is 0.0136 e. The predicted octanol–water partition coefficient (Wildman–Crippen LogP) is 11.7. The first-order chi connectivity index (χ1) is 22.9. The number of hydrogen-bond acceptors (Lipinski definition) is 0. The lowest BCUT2D eigenvalue weighted by molar-refractivity contribution is 0.781. The second kappa shape index (κ2) is 11.2. The van der Waals surface area contributed by atoms with Crippen molar-refractivity contribution in [3.8, 4) is 44.5 Å². The molecular formula is C46H34. The highest BCUT2D eigenvalue weighted by atomic mass is 14.4. The minimum atomic E-state index is 0.282. The summed E-state index contributed by atoms with van der Waals surface area (Å²) in [4.78, 5) is 0. The first-order valence-electron chi connectivity index (χ1n) is 16.5. The van der Waals surface area contributed by atoms with Crippen molar-refractivity contribution in [3.05, 3.63) is 203 Å². The molecule has 0 aromatic heterocycles. The van der Waals surface area contributed by atoms with E-state index in [1.807, 2.05) is 0 Å². The fourth-order valence-corrected chi connectivity index (χ4v) is 8.35. The van der Waals surface area contributed by atoms with Gasteiger partial charge in [-0.25, -0.2) is 0 Å². The third kappa shape index (κ3) is 4.29. The molecular weight excluding hydrogens is 553 g/mol. The van der Waals surface area contributed by atoms with Crippen LogP contribution in [0.1, 0.15) is 45.2 Å². The molecule has 2 atom stereocenters. The van der Waals surface area contributed by atoms with E-state index in [0.29, 0.717) is 0 Å². The van der Waals surface area contributed by atoms with E-state index < -0.39 is 0 Å². The molecule has 9 rings (SSSR count). The van der Waals surface area contributed by atoms with Gasteiger partial charge in [-0.15, -0.1) is 0 Å². The Labute approximate surface area is 271 Å². The van der Waals surface area contributed by atoms with Crippen molar-refractivity contribution >= 4 is 0 Å². The zero-order chi connectivity index (χ0) is 30.5. The van der Waals surface area contributed by atoms with Gasteiger partial charge in [-0.2, -0.15) is 0 Å². The molecule has 0 spiro atoms. The van der Waals surface area contributed by atoms with Gasteiger partial charge in [-0.05, 0) is 90.7 Å². The molecule has 0 N–H and O–H groups in total. The molecule has 0 aliphatic heterocycles. The average Bonchev–Trinajstić information content (AvgIpc) is 3.14. The van der Waals surface area contributed by atoms with E-state index in [1.54, 1.807) is 0 Å². The second-order valence-corrected chi connectivity index (χ2v) is 12.7. The first kappa shape index (κ1) is 26.9. The van der Waals surface area contributed by atoms with Crippen LogP contribution in [0, 0.1) is 0 Å². The van der Waals surface area contributed by atoms with Crippen LogP contribution in [-0.4, -0.2) is 0 Å². The number of fused-ring (bicyclic) bond motifs is 6. The minimum absolute atomic E-state index is 0.282. The van der Waals surface area contributed by atoms with Crippen LogP contribution in [0.25, 0.3) is 44.5 Å². The second-order valence-electron chi connectivity index (χ2n) is 12.7. The van der Waals surface area contributed by atoms with Gasteiger partial charge in [0, 0.05) is 11.8 Å². The topological polar surface area (TPSA) is 0 Å². The Morgan fingerprint density at radius 3 is 1.02 bits per heavy atom. The molecule has 218 valence electrons. The van der Waals surface area contributed by atoms with Crippen molar-refractivity contribution in [2.75, 3.05) is 0 Å². The van der Waals surface area contributed by atoms with Gasteiger partial charge >= 0.3 is 0 Å². The van der Waals surface area contributed by atoms with E-state index in [9.17, 15) is 0 Å². The standard InChI is InChI=1S/C46H34/c1-5-17-31(18-6-1)39-29-41-43(33-21-9-3-10-22-33)46-38-28-16-14-26-36(38)40(32-19-7-2-8-20-32)30-42(46)44(34-23-11-4-12-24-34)45(41)37-27-15-13-25-35(37)39/h1-28,39-40H,29-30H2. The maximum absolute atomic E-state index is 2.38. The van der Waals surface area contributed by atoms with Gasteiger partial charge in [0.25, 0.3) is 0 Å². The largest absolute Gasteiger partial charge is 0.0622 e. The van der Waals surface area contributed by atoms with Crippen LogP contribution in [-0.2, 0) is 12.8 Å². The minimum Gasteiger partial charge on any atom is -0.0622 e. The molecule has 2 aliphatic rings. The molecule has 0 bridgehead atoms. The van der Waals surface area contributed by atoms with E-state index in [0.717, 1.165) is 12.8 Å². The number of rotatable bonds is 4. The lowest BCUT2D eigenvalue weighted by atomic mass is 9.65. The summed E-state index contributed by atoms with van der Waals surface area (Å²) in [6.45, 7) is 0. The van der Waals surface area contributed by atoms with Gasteiger partial charge in [0.1, 0.15) is 0 Å². The summed E-state index contributed by atoms with van der Waals surface area (Å²) < 4.78 is 0. The lowest BCUT2D eigenvalue weighted by Crippen LogP contribution is -2.20. The van der Waals surface area contributed by atoms with Gasteiger partial charge in [0.05, 0.1) is 0 Å². The van der Waals surface area contributed by atoms with Gasteiger partial charge in [0.2, 0.25) is 0 Å². The third-order valence-corrected chi connectivity index (χ3v) is 10.3. The highest BCUT2D eigenvalue weighted by Crippen LogP contribution is 2.57. The number of benzene rings is 7. The first-order valence-corrected chi connectivity index (χ1v) is 16.5. The molecule has 7 aromatic carbocycles. The van der Waals surface area contributed by atoms with Crippen LogP contribution in [0.3, 0.4) is 0 Å². The fourth-order valence-electron chi connectivity index (χ4n) is 8.35. The Kier molecular flexibility index (Phi) is 6.53. The molecule has 46 heavy (non-hydrogen) atoms. The van der Waals surface area contributed by atoms with Crippen molar-refractivity contribution in [2.45, 2.75) is 24.7 Å². The van der Waals surface area contributed by atoms with Gasteiger partial charge in [0.15, 0.2) is 0 Å². The molecule has 0 fully saturated rings. The highest BCUT2D eigenvalue weighted by molar-refractivity contribution is 6.04. The van der Waals surface area contributed by atoms with Crippen molar-refractivity contribution in [1.29, 1.82) is 0 Å². The monoisotopic (exact) mass is 586 g/mol. The smallest absolute Gasteiger partial charge is 0.0136 e. The highest BCUT2D eigenvalue weighted by Gasteiger charge is 2.37. The molecule has 0 amide bonds. The van der Waals surface area contributed by atoms with Crippen molar-refractivity contribution < 1.29 is 0 Å². The SMILES string of the molecule is c1ccc(-c2c3c(c(-c4ccccc4)c4c2-c2ccccc2C(c2ccccc2)C4)-c2ccccc2C(c2ccccc2)C3)cc1. The Balaban J connectivity index is 1.45. The molecule has 0 radical (unpaired) electrons. The van der Waals surface area contributed by atoms with Crippen molar-refractivity contribution in [2.24, 2.45) is 0 Å². The summed E-state index contributed by atoms with van der Waals surface area (Å²) in [6, 6.07) is 63.0. The van der Waals surface area contributed by atoms with Crippen LogP contribution in [0.15, 0.2) is 170 Å². The average molecular weight is 587 g/mol. The summed E-state index contributed by atoms with van der Waals surface area (Å²) in [5, 5.41) is 0. The Morgan fingerprint density at radius 2 is 0.630 bits per heavy atom. The van der Waals surface area contributed by atoms with Crippen LogP contribution in [0.4, 0.5) is 0 Å². The normalized spacial score (nSPS) is 16.1. The number of hydrogen-bond donors (Lipinski definition) is 0. The van der Waals surface area contributed by atoms with Crippen molar-refractivity contribution in [3.63, 3.8) is 0 Å². The Hall–Kier alpha value is -5.46. The quantitative estimate of drug-likeness (QED) is 0.192. The van der Waals surface area contributed by atoms with E-state index >= 15 is 0 Å². The predicted molar refractivity (Wildman–Crippen MR) is 192 cm³/mol. The van der Waals surface area contributed by atoms with Crippen LogP contribution in [0.5, 0.6) is 0 Å². The molecule has 2 aliphatic carbocycles. The summed E-state index contributed by atoms with van der Waals surface area (Å²) in [6.07, 6.45) is 1.91. The van der Waals surface area contributed by atoms with E-state index in [-0.39, 0.29) is 11.8 Å². The molecule has 0 heterocycles. The van der Waals surface area contributed by atoms with Crippen LogP contribution >= 0.6 is 0 Å². The zero-order valence-electron chi connectivity index (χ0n) is 25.7. The van der Waals surface area contributed by atoms with Crippen LogP contribution < -0.4 is 0 Å². The summed E-state index contributed by atoms with van der Waals surface area (Å²) in [5.74, 6) is 0.565.